The van der Waals surface area contributed by atoms with Crippen LogP contribution in [0.4, 0.5) is 5.82 Å². The second-order valence-electron chi connectivity index (χ2n) is 4.85. The molecular formula is C15H17N5. The highest BCUT2D eigenvalue weighted by atomic mass is 15.3. The van der Waals surface area contributed by atoms with Crippen LogP contribution >= 0.6 is 0 Å². The third-order valence-corrected chi connectivity index (χ3v) is 3.32. The fourth-order valence-electron chi connectivity index (χ4n) is 2.33. The molecule has 0 aliphatic carbocycles. The van der Waals surface area contributed by atoms with Crippen LogP contribution < -0.4 is 5.73 Å². The number of anilines is 1. The van der Waals surface area contributed by atoms with Crippen LogP contribution in [0.5, 0.6) is 0 Å². The van der Waals surface area contributed by atoms with E-state index in [1.165, 1.54) is 5.56 Å². The minimum absolute atomic E-state index is 0.502. The predicted molar refractivity (Wildman–Crippen MR) is 79.2 cm³/mol. The molecule has 3 rings (SSSR count). The number of aromatic nitrogens is 4. The summed E-state index contributed by atoms with van der Waals surface area (Å²) in [7, 11) is 0. The van der Waals surface area contributed by atoms with Crippen LogP contribution in [-0.4, -0.2) is 19.7 Å². The van der Waals surface area contributed by atoms with Gasteiger partial charge < -0.3 is 5.73 Å². The lowest BCUT2D eigenvalue weighted by Gasteiger charge is -2.04. The quantitative estimate of drug-likeness (QED) is 0.787. The van der Waals surface area contributed by atoms with Crippen molar-refractivity contribution in [3.8, 4) is 0 Å². The summed E-state index contributed by atoms with van der Waals surface area (Å²) in [4.78, 5) is 8.59. The molecule has 0 aliphatic heterocycles. The van der Waals surface area contributed by atoms with E-state index in [1.54, 1.807) is 6.20 Å². The summed E-state index contributed by atoms with van der Waals surface area (Å²) < 4.78 is 1.91. The molecule has 5 heteroatoms. The number of nitrogens with two attached hydrogens (primary N) is 1. The Morgan fingerprint density at radius 1 is 1.15 bits per heavy atom. The number of benzene rings is 1. The Morgan fingerprint density at radius 2 is 1.95 bits per heavy atom. The predicted octanol–water partition coefficient (Wildman–Crippen LogP) is 2.35. The molecule has 2 aromatic heterocycles. The SMILES string of the molecule is Cc1nc(N)c2cnn(CCCc3ccccc3)c2n1. The van der Waals surface area contributed by atoms with Gasteiger partial charge in [0.1, 0.15) is 11.6 Å². The first-order valence-corrected chi connectivity index (χ1v) is 6.73. The second-order valence-corrected chi connectivity index (χ2v) is 4.85. The van der Waals surface area contributed by atoms with E-state index >= 15 is 0 Å². The Morgan fingerprint density at radius 3 is 2.75 bits per heavy atom. The second kappa shape index (κ2) is 5.28. The maximum atomic E-state index is 5.89. The van der Waals surface area contributed by atoms with Gasteiger partial charge in [0, 0.05) is 6.54 Å². The average molecular weight is 267 g/mol. The van der Waals surface area contributed by atoms with Crippen LogP contribution in [0.25, 0.3) is 11.0 Å². The van der Waals surface area contributed by atoms with Crippen LogP contribution in [0, 0.1) is 6.92 Å². The molecule has 0 aliphatic rings. The van der Waals surface area contributed by atoms with E-state index < -0.39 is 0 Å². The molecule has 0 saturated carbocycles. The molecule has 102 valence electrons. The van der Waals surface area contributed by atoms with Crippen molar-refractivity contribution in [2.75, 3.05) is 5.73 Å². The Kier molecular flexibility index (Phi) is 3.33. The summed E-state index contributed by atoms with van der Waals surface area (Å²) in [5.41, 5.74) is 8.05. The number of aryl methyl sites for hydroxylation is 3. The van der Waals surface area contributed by atoms with Crippen LogP contribution in [0.3, 0.4) is 0 Å². The van der Waals surface area contributed by atoms with Gasteiger partial charge in [0.15, 0.2) is 5.65 Å². The van der Waals surface area contributed by atoms with Crippen LogP contribution in [0.15, 0.2) is 36.5 Å². The van der Waals surface area contributed by atoms with Crippen molar-refractivity contribution in [1.29, 1.82) is 0 Å². The third-order valence-electron chi connectivity index (χ3n) is 3.32. The maximum Gasteiger partial charge on any atom is 0.163 e. The highest BCUT2D eigenvalue weighted by Gasteiger charge is 2.08. The summed E-state index contributed by atoms with van der Waals surface area (Å²) in [6.07, 6.45) is 3.79. The van der Waals surface area contributed by atoms with Crippen molar-refractivity contribution in [1.82, 2.24) is 19.7 Å². The van der Waals surface area contributed by atoms with Gasteiger partial charge in [-0.2, -0.15) is 5.10 Å². The lowest BCUT2D eigenvalue weighted by molar-refractivity contribution is 0.591. The lowest BCUT2D eigenvalue weighted by atomic mass is 10.1. The van der Waals surface area contributed by atoms with Crippen LogP contribution in [0.2, 0.25) is 0 Å². The van der Waals surface area contributed by atoms with E-state index in [0.717, 1.165) is 30.4 Å². The highest BCUT2D eigenvalue weighted by molar-refractivity contribution is 5.84. The van der Waals surface area contributed by atoms with Crippen molar-refractivity contribution in [3.05, 3.63) is 47.9 Å². The normalized spacial score (nSPS) is 11.1. The zero-order valence-electron chi connectivity index (χ0n) is 11.5. The van der Waals surface area contributed by atoms with Gasteiger partial charge in [0.05, 0.1) is 11.6 Å². The summed E-state index contributed by atoms with van der Waals surface area (Å²) in [5.74, 6) is 1.18. The van der Waals surface area contributed by atoms with E-state index in [2.05, 4.69) is 39.3 Å². The first-order valence-electron chi connectivity index (χ1n) is 6.73. The third kappa shape index (κ3) is 2.47. The van der Waals surface area contributed by atoms with Crippen molar-refractivity contribution >= 4 is 16.9 Å². The van der Waals surface area contributed by atoms with Gasteiger partial charge >= 0.3 is 0 Å². The Hall–Kier alpha value is -2.43. The minimum atomic E-state index is 0.502. The van der Waals surface area contributed by atoms with Crippen molar-refractivity contribution in [2.24, 2.45) is 0 Å². The van der Waals surface area contributed by atoms with Gasteiger partial charge in [0.2, 0.25) is 0 Å². The Labute approximate surface area is 117 Å². The monoisotopic (exact) mass is 267 g/mol. The molecule has 20 heavy (non-hydrogen) atoms. The van der Waals surface area contributed by atoms with Crippen molar-refractivity contribution in [3.63, 3.8) is 0 Å². The van der Waals surface area contributed by atoms with E-state index in [9.17, 15) is 0 Å². The molecule has 0 bridgehead atoms. The number of hydrogen-bond acceptors (Lipinski definition) is 4. The zero-order chi connectivity index (χ0) is 13.9. The summed E-state index contributed by atoms with van der Waals surface area (Å²) in [5, 5.41) is 5.19. The maximum absolute atomic E-state index is 5.89. The van der Waals surface area contributed by atoms with Gasteiger partial charge in [-0.25, -0.2) is 14.6 Å². The fourth-order valence-corrected chi connectivity index (χ4v) is 2.33. The molecule has 0 atom stereocenters. The molecule has 1 aromatic carbocycles. The smallest absolute Gasteiger partial charge is 0.163 e. The van der Waals surface area contributed by atoms with Crippen molar-refractivity contribution < 1.29 is 0 Å². The van der Waals surface area contributed by atoms with Gasteiger partial charge in [-0.05, 0) is 25.3 Å². The number of rotatable bonds is 4. The summed E-state index contributed by atoms with van der Waals surface area (Å²) >= 11 is 0. The largest absolute Gasteiger partial charge is 0.383 e. The molecule has 0 saturated heterocycles. The molecular weight excluding hydrogens is 250 g/mol. The zero-order valence-corrected chi connectivity index (χ0v) is 11.5. The molecule has 0 amide bonds. The molecule has 3 aromatic rings. The van der Waals surface area contributed by atoms with E-state index in [-0.39, 0.29) is 0 Å². The van der Waals surface area contributed by atoms with Crippen LogP contribution in [-0.2, 0) is 13.0 Å². The number of nitrogen functional groups attached to an aromatic ring is 1. The fraction of sp³-hybridized carbons (Fsp3) is 0.267. The minimum Gasteiger partial charge on any atom is -0.383 e. The molecule has 5 nitrogen and oxygen atoms in total. The van der Waals surface area contributed by atoms with E-state index in [4.69, 9.17) is 5.73 Å². The number of hydrogen-bond donors (Lipinski definition) is 1. The van der Waals surface area contributed by atoms with Gasteiger partial charge in [-0.3, -0.25) is 0 Å². The van der Waals surface area contributed by atoms with Crippen LogP contribution in [0.1, 0.15) is 17.8 Å². The van der Waals surface area contributed by atoms with E-state index in [1.807, 2.05) is 17.7 Å². The summed E-state index contributed by atoms with van der Waals surface area (Å²) in [6.45, 7) is 2.67. The molecule has 0 unspecified atom stereocenters. The topological polar surface area (TPSA) is 69.6 Å². The number of fused-ring (bicyclic) bond motifs is 1. The Balaban J connectivity index is 1.75. The van der Waals surface area contributed by atoms with E-state index in [0.29, 0.717) is 11.6 Å². The molecule has 2 N–H and O–H groups in total. The lowest BCUT2D eigenvalue weighted by Crippen LogP contribution is -2.04. The summed E-state index contributed by atoms with van der Waals surface area (Å²) in [6, 6.07) is 10.5. The first kappa shape index (κ1) is 12.6. The van der Waals surface area contributed by atoms with Gasteiger partial charge in [0.25, 0.3) is 0 Å². The highest BCUT2D eigenvalue weighted by Crippen LogP contribution is 2.17. The molecule has 0 radical (unpaired) electrons. The number of nitrogens with zero attached hydrogens (tertiary/aromatic N) is 4. The van der Waals surface area contributed by atoms with Gasteiger partial charge in [-0.15, -0.1) is 0 Å². The molecule has 0 fully saturated rings. The van der Waals surface area contributed by atoms with Gasteiger partial charge in [-0.1, -0.05) is 30.3 Å². The standard InChI is InChI=1S/C15H17N5/c1-11-18-14(16)13-10-17-20(15(13)19-11)9-5-8-12-6-3-2-4-7-12/h2-4,6-7,10H,5,8-9H2,1H3,(H2,16,18,19). The Bertz CT molecular complexity index is 718. The average Bonchev–Trinajstić information content (AvgIpc) is 2.83. The first-order chi connectivity index (χ1) is 9.74. The molecule has 2 heterocycles. The van der Waals surface area contributed by atoms with Crippen molar-refractivity contribution in [2.45, 2.75) is 26.3 Å². The molecule has 0 spiro atoms.